The molecule has 3 heteroatoms. The van der Waals surface area contributed by atoms with Crippen molar-refractivity contribution in [1.82, 2.24) is 0 Å². The zero-order valence-electron chi connectivity index (χ0n) is 14.9. The second-order valence-electron chi connectivity index (χ2n) is 6.13. The van der Waals surface area contributed by atoms with E-state index in [-0.39, 0.29) is 0 Å². The molecule has 0 aliphatic rings. The van der Waals surface area contributed by atoms with Crippen molar-refractivity contribution in [2.24, 2.45) is 0 Å². The number of hydrogen-bond donors (Lipinski definition) is 0. The third-order valence-electron chi connectivity index (χ3n) is 4.22. The van der Waals surface area contributed by atoms with Crippen LogP contribution < -0.4 is 9.47 Å². The Balaban J connectivity index is 1.77. The molecule has 0 aliphatic heterocycles. The molecule has 0 aliphatic carbocycles. The second-order valence-corrected chi connectivity index (χ2v) is 7.18. The van der Waals surface area contributed by atoms with Crippen LogP contribution in [0.25, 0.3) is 20.5 Å². The minimum absolute atomic E-state index is 0.660. The first-order chi connectivity index (χ1) is 12.7. The molecule has 0 radical (unpaired) electrons. The lowest BCUT2D eigenvalue weighted by Gasteiger charge is -2.09. The Morgan fingerprint density at radius 2 is 1.50 bits per heavy atom. The maximum Gasteiger partial charge on any atom is 0.153 e. The van der Waals surface area contributed by atoms with Crippen molar-refractivity contribution >= 4 is 21.4 Å². The van der Waals surface area contributed by atoms with Gasteiger partial charge in [0.2, 0.25) is 0 Å². The lowest BCUT2D eigenvalue weighted by atomic mass is 10.1. The fraction of sp³-hybridized carbons (Fsp3) is 0.130. The summed E-state index contributed by atoms with van der Waals surface area (Å²) in [6.07, 6.45) is 0. The molecule has 2 nitrogen and oxygen atoms in total. The quantitative estimate of drug-likeness (QED) is 0.379. The molecular weight excluding hydrogens is 340 g/mol. The molecule has 0 spiro atoms. The molecule has 0 unspecified atom stereocenters. The Morgan fingerprint density at radius 3 is 2.23 bits per heavy atom. The predicted molar refractivity (Wildman–Crippen MR) is 110 cm³/mol. The van der Waals surface area contributed by atoms with Crippen LogP contribution in [-0.4, -0.2) is 6.61 Å². The van der Waals surface area contributed by atoms with Crippen molar-refractivity contribution in [3.05, 3.63) is 78.4 Å². The van der Waals surface area contributed by atoms with Gasteiger partial charge in [-0.3, -0.25) is 0 Å². The molecule has 0 amide bonds. The summed E-state index contributed by atoms with van der Waals surface area (Å²) in [5.74, 6) is 2.58. The standard InChI is InChI=1S/C23H20O2S/c1-3-24-18-12-14-19(15-13-18)25-22-20-6-4-5-7-21(20)26-23(22)17-10-8-16(2)9-11-17/h4-15H,3H2,1-2H3. The first kappa shape index (κ1) is 16.7. The van der Waals surface area contributed by atoms with Crippen LogP contribution in [0.2, 0.25) is 0 Å². The molecular formula is C23H20O2S. The Labute approximate surface area is 157 Å². The number of rotatable bonds is 5. The molecule has 0 fully saturated rings. The third kappa shape index (κ3) is 3.31. The van der Waals surface area contributed by atoms with Gasteiger partial charge in [0.25, 0.3) is 0 Å². The van der Waals surface area contributed by atoms with Crippen LogP contribution >= 0.6 is 11.3 Å². The van der Waals surface area contributed by atoms with Crippen molar-refractivity contribution in [1.29, 1.82) is 0 Å². The van der Waals surface area contributed by atoms with Crippen molar-refractivity contribution in [2.45, 2.75) is 13.8 Å². The SMILES string of the molecule is CCOc1ccc(Oc2c(-c3ccc(C)cc3)sc3ccccc23)cc1. The molecule has 0 atom stereocenters. The Kier molecular flexibility index (Phi) is 4.63. The molecule has 4 rings (SSSR count). The van der Waals surface area contributed by atoms with Crippen LogP contribution in [0.5, 0.6) is 17.2 Å². The Hall–Kier alpha value is -2.78. The van der Waals surface area contributed by atoms with Gasteiger partial charge in [0, 0.05) is 10.1 Å². The maximum absolute atomic E-state index is 6.34. The Morgan fingerprint density at radius 1 is 0.808 bits per heavy atom. The molecule has 4 aromatic rings. The highest BCUT2D eigenvalue weighted by atomic mass is 32.1. The highest BCUT2D eigenvalue weighted by molar-refractivity contribution is 7.22. The molecule has 0 saturated carbocycles. The minimum Gasteiger partial charge on any atom is -0.494 e. The average molecular weight is 360 g/mol. The average Bonchev–Trinajstić information content (AvgIpc) is 3.03. The monoisotopic (exact) mass is 360 g/mol. The van der Waals surface area contributed by atoms with Crippen LogP contribution in [0.15, 0.2) is 72.8 Å². The van der Waals surface area contributed by atoms with Crippen LogP contribution in [0.3, 0.4) is 0 Å². The van der Waals surface area contributed by atoms with E-state index in [0.717, 1.165) is 27.5 Å². The number of thiophene rings is 1. The van der Waals surface area contributed by atoms with E-state index in [2.05, 4.69) is 55.5 Å². The highest BCUT2D eigenvalue weighted by Crippen LogP contribution is 2.46. The van der Waals surface area contributed by atoms with Gasteiger partial charge < -0.3 is 9.47 Å². The van der Waals surface area contributed by atoms with Crippen LogP contribution in [0.4, 0.5) is 0 Å². The van der Waals surface area contributed by atoms with Crippen molar-refractivity contribution in [3.8, 4) is 27.7 Å². The third-order valence-corrected chi connectivity index (χ3v) is 5.42. The molecule has 3 aromatic carbocycles. The number of aryl methyl sites for hydroxylation is 1. The summed E-state index contributed by atoms with van der Waals surface area (Å²) in [6.45, 7) is 4.74. The summed E-state index contributed by atoms with van der Waals surface area (Å²) < 4.78 is 13.1. The van der Waals surface area contributed by atoms with Gasteiger partial charge in [-0.05, 0) is 55.8 Å². The molecule has 130 valence electrons. The number of fused-ring (bicyclic) bond motifs is 1. The van der Waals surface area contributed by atoms with Crippen LogP contribution in [-0.2, 0) is 0 Å². The number of hydrogen-bond acceptors (Lipinski definition) is 3. The summed E-state index contributed by atoms with van der Waals surface area (Å²) in [5, 5.41) is 1.14. The van der Waals surface area contributed by atoms with Crippen molar-refractivity contribution in [2.75, 3.05) is 6.61 Å². The van der Waals surface area contributed by atoms with Crippen LogP contribution in [0.1, 0.15) is 12.5 Å². The Bertz CT molecular complexity index is 1010. The molecule has 1 aromatic heterocycles. The zero-order chi connectivity index (χ0) is 17.9. The van der Waals surface area contributed by atoms with E-state index in [4.69, 9.17) is 9.47 Å². The smallest absolute Gasteiger partial charge is 0.153 e. The summed E-state index contributed by atoms with van der Waals surface area (Å²) in [7, 11) is 0. The summed E-state index contributed by atoms with van der Waals surface area (Å²) in [6, 6.07) is 24.8. The van der Waals surface area contributed by atoms with Gasteiger partial charge in [-0.15, -0.1) is 11.3 Å². The molecule has 0 bridgehead atoms. The van der Waals surface area contributed by atoms with Gasteiger partial charge in [-0.25, -0.2) is 0 Å². The van der Waals surface area contributed by atoms with Gasteiger partial charge in [0.05, 0.1) is 11.5 Å². The minimum atomic E-state index is 0.660. The fourth-order valence-corrected chi connectivity index (χ4v) is 4.04. The predicted octanol–water partition coefficient (Wildman–Crippen LogP) is 7.07. The van der Waals surface area contributed by atoms with Crippen molar-refractivity contribution in [3.63, 3.8) is 0 Å². The number of benzene rings is 3. The van der Waals surface area contributed by atoms with Gasteiger partial charge in [-0.1, -0.05) is 42.0 Å². The topological polar surface area (TPSA) is 18.5 Å². The second kappa shape index (κ2) is 7.22. The van der Waals surface area contributed by atoms with Gasteiger partial charge in [0.15, 0.2) is 5.75 Å². The fourth-order valence-electron chi connectivity index (χ4n) is 2.91. The van der Waals surface area contributed by atoms with E-state index in [9.17, 15) is 0 Å². The summed E-state index contributed by atoms with van der Waals surface area (Å²) >= 11 is 1.76. The summed E-state index contributed by atoms with van der Waals surface area (Å²) in [5.41, 5.74) is 2.43. The van der Waals surface area contributed by atoms with E-state index in [1.54, 1.807) is 11.3 Å². The highest BCUT2D eigenvalue weighted by Gasteiger charge is 2.16. The summed E-state index contributed by atoms with van der Waals surface area (Å²) in [4.78, 5) is 1.15. The van der Waals surface area contributed by atoms with Crippen LogP contribution in [0, 0.1) is 6.92 Å². The van der Waals surface area contributed by atoms with Gasteiger partial charge in [0.1, 0.15) is 11.5 Å². The molecule has 1 heterocycles. The molecule has 26 heavy (non-hydrogen) atoms. The largest absolute Gasteiger partial charge is 0.494 e. The molecule has 0 N–H and O–H groups in total. The maximum atomic E-state index is 6.34. The van der Waals surface area contributed by atoms with E-state index < -0.39 is 0 Å². The molecule has 0 saturated heterocycles. The van der Waals surface area contributed by atoms with Gasteiger partial charge in [-0.2, -0.15) is 0 Å². The van der Waals surface area contributed by atoms with Gasteiger partial charge >= 0.3 is 0 Å². The first-order valence-electron chi connectivity index (χ1n) is 8.74. The van der Waals surface area contributed by atoms with E-state index in [1.807, 2.05) is 31.2 Å². The lowest BCUT2D eigenvalue weighted by Crippen LogP contribution is -1.91. The van der Waals surface area contributed by atoms with Crippen molar-refractivity contribution < 1.29 is 9.47 Å². The lowest BCUT2D eigenvalue weighted by molar-refractivity contribution is 0.339. The number of ether oxygens (including phenoxy) is 2. The van der Waals surface area contributed by atoms with E-state index in [1.165, 1.54) is 15.8 Å². The normalized spacial score (nSPS) is 10.8. The zero-order valence-corrected chi connectivity index (χ0v) is 15.7. The van der Waals surface area contributed by atoms with E-state index in [0.29, 0.717) is 6.61 Å². The first-order valence-corrected chi connectivity index (χ1v) is 9.55. The van der Waals surface area contributed by atoms with E-state index >= 15 is 0 Å².